The van der Waals surface area contributed by atoms with E-state index in [0.29, 0.717) is 18.3 Å². The Morgan fingerprint density at radius 2 is 1.74 bits per heavy atom. The van der Waals surface area contributed by atoms with Crippen molar-refractivity contribution in [3.05, 3.63) is 23.8 Å². The van der Waals surface area contributed by atoms with E-state index in [1.807, 2.05) is 12.2 Å². The molecule has 0 bridgehead atoms. The summed E-state index contributed by atoms with van der Waals surface area (Å²) in [6, 6.07) is 0. The van der Waals surface area contributed by atoms with E-state index in [4.69, 9.17) is 0 Å². The molecule has 0 spiro atoms. The number of allylic oxidation sites excluding steroid dienone is 1. The second-order valence-electron chi connectivity index (χ2n) is 13.9. The topological polar surface area (TPSA) is 77.8 Å². The SMILES string of the molecule is C[C@H](C/C=C/C(C)(C)O)[C@H]1CC[C@@]2(C)C3[C@@H](O)C=C4[C@@H](CC[C@H](O)C4(C)C)[C@]3(C=O)CC[C@]12C. The van der Waals surface area contributed by atoms with Crippen molar-refractivity contribution in [2.45, 2.75) is 111 Å². The first-order valence-corrected chi connectivity index (χ1v) is 13.6. The van der Waals surface area contributed by atoms with Crippen molar-refractivity contribution >= 4 is 6.29 Å². The summed E-state index contributed by atoms with van der Waals surface area (Å²) in [7, 11) is 0. The third-order valence-electron chi connectivity index (χ3n) is 11.4. The standard InChI is InChI=1S/C30H48O4/c1-19(9-8-13-26(2,3)34)20-12-14-29(7)25-23(32)17-22-21(10-11-24(33)27(22,4)5)30(25,18-31)16-15-28(20,29)6/h8,13,17-21,23-25,32-34H,9-12,14-16H2,1-7H3/b13-8+/t19-,20-,21-,23+,24+,25?,28-,29+,30-/m1/s1. The number of hydrogen-bond donors (Lipinski definition) is 3. The molecular weight excluding hydrogens is 424 g/mol. The molecule has 0 aliphatic heterocycles. The van der Waals surface area contributed by atoms with Gasteiger partial charge in [0, 0.05) is 16.7 Å². The Labute approximate surface area is 206 Å². The van der Waals surface area contributed by atoms with Gasteiger partial charge in [-0.25, -0.2) is 0 Å². The van der Waals surface area contributed by atoms with Gasteiger partial charge in [-0.2, -0.15) is 0 Å². The fraction of sp³-hybridized carbons (Fsp3) is 0.833. The van der Waals surface area contributed by atoms with E-state index in [-0.39, 0.29) is 22.7 Å². The number of carbonyl (C=O) groups is 1. The van der Waals surface area contributed by atoms with Crippen LogP contribution in [0.2, 0.25) is 0 Å². The van der Waals surface area contributed by atoms with Gasteiger partial charge in [-0.15, -0.1) is 0 Å². The van der Waals surface area contributed by atoms with Crippen molar-refractivity contribution in [3.63, 3.8) is 0 Å². The van der Waals surface area contributed by atoms with Crippen LogP contribution < -0.4 is 0 Å². The molecule has 3 fully saturated rings. The number of aliphatic hydroxyl groups is 3. The summed E-state index contributed by atoms with van der Waals surface area (Å²) < 4.78 is 0. The van der Waals surface area contributed by atoms with Gasteiger partial charge in [0.1, 0.15) is 6.29 Å². The third kappa shape index (κ3) is 3.61. The van der Waals surface area contributed by atoms with Crippen molar-refractivity contribution in [1.82, 2.24) is 0 Å². The number of rotatable bonds is 5. The number of fused-ring (bicyclic) bond motifs is 5. The van der Waals surface area contributed by atoms with Gasteiger partial charge in [-0.1, -0.05) is 58.4 Å². The highest BCUT2D eigenvalue weighted by molar-refractivity contribution is 5.65. The molecule has 4 heteroatoms. The Hall–Kier alpha value is -0.970. The summed E-state index contributed by atoms with van der Waals surface area (Å²) in [6.45, 7) is 14.9. The Kier molecular flexibility index (Phi) is 6.36. The van der Waals surface area contributed by atoms with Gasteiger partial charge >= 0.3 is 0 Å². The first kappa shape index (κ1) is 26.1. The smallest absolute Gasteiger partial charge is 0.127 e. The van der Waals surface area contributed by atoms with Crippen molar-refractivity contribution in [1.29, 1.82) is 0 Å². The van der Waals surface area contributed by atoms with Crippen LogP contribution in [0.1, 0.15) is 93.4 Å². The summed E-state index contributed by atoms with van der Waals surface area (Å²) in [5, 5.41) is 32.5. The Morgan fingerprint density at radius 1 is 1.06 bits per heavy atom. The van der Waals surface area contributed by atoms with Crippen LogP contribution in [-0.2, 0) is 4.79 Å². The van der Waals surface area contributed by atoms with Crippen molar-refractivity contribution < 1.29 is 20.1 Å². The maximum Gasteiger partial charge on any atom is 0.127 e. The number of carbonyl (C=O) groups excluding carboxylic acids is 1. The molecule has 0 aromatic rings. The van der Waals surface area contributed by atoms with Crippen LogP contribution in [0.15, 0.2) is 23.8 Å². The van der Waals surface area contributed by atoms with Crippen LogP contribution in [0, 0.1) is 45.3 Å². The first-order valence-electron chi connectivity index (χ1n) is 13.6. The van der Waals surface area contributed by atoms with Crippen LogP contribution in [0.5, 0.6) is 0 Å². The highest BCUT2D eigenvalue weighted by Gasteiger charge is 2.70. The van der Waals surface area contributed by atoms with Gasteiger partial charge in [0.25, 0.3) is 0 Å². The van der Waals surface area contributed by atoms with Crippen molar-refractivity contribution in [2.75, 3.05) is 0 Å². The fourth-order valence-corrected chi connectivity index (χ4v) is 9.29. The summed E-state index contributed by atoms with van der Waals surface area (Å²) in [4.78, 5) is 13.1. The average Bonchev–Trinajstić information content (AvgIpc) is 3.01. The van der Waals surface area contributed by atoms with Crippen molar-refractivity contribution in [2.24, 2.45) is 45.3 Å². The lowest BCUT2D eigenvalue weighted by molar-refractivity contribution is -0.182. The molecule has 0 saturated heterocycles. The van der Waals surface area contributed by atoms with Crippen LogP contribution in [0.4, 0.5) is 0 Å². The van der Waals surface area contributed by atoms with Crippen LogP contribution >= 0.6 is 0 Å². The second kappa shape index (κ2) is 8.28. The minimum absolute atomic E-state index is 0.0577. The molecule has 3 saturated carbocycles. The minimum Gasteiger partial charge on any atom is -0.392 e. The van der Waals surface area contributed by atoms with Crippen LogP contribution in [-0.4, -0.2) is 39.4 Å². The highest BCUT2D eigenvalue weighted by atomic mass is 16.3. The van der Waals surface area contributed by atoms with E-state index < -0.39 is 28.6 Å². The molecule has 4 rings (SSSR count). The molecule has 0 heterocycles. The van der Waals surface area contributed by atoms with E-state index in [9.17, 15) is 20.1 Å². The molecule has 0 radical (unpaired) electrons. The highest BCUT2D eigenvalue weighted by Crippen LogP contribution is 2.74. The predicted molar refractivity (Wildman–Crippen MR) is 136 cm³/mol. The molecule has 192 valence electrons. The number of aliphatic hydroxyl groups excluding tert-OH is 2. The number of hydrogen-bond acceptors (Lipinski definition) is 4. The van der Waals surface area contributed by atoms with Gasteiger partial charge in [-0.05, 0) is 87.4 Å². The molecule has 1 unspecified atom stereocenters. The van der Waals surface area contributed by atoms with Crippen LogP contribution in [0.25, 0.3) is 0 Å². The average molecular weight is 473 g/mol. The lowest BCUT2D eigenvalue weighted by Gasteiger charge is -2.66. The summed E-state index contributed by atoms with van der Waals surface area (Å²) in [6.07, 6.45) is 12.7. The molecule has 3 N–H and O–H groups in total. The van der Waals surface area contributed by atoms with E-state index in [1.54, 1.807) is 13.8 Å². The van der Waals surface area contributed by atoms with Gasteiger partial charge in [0.05, 0.1) is 17.8 Å². The maximum atomic E-state index is 13.1. The molecule has 4 aliphatic rings. The molecule has 9 atom stereocenters. The fourth-order valence-electron chi connectivity index (χ4n) is 9.29. The first-order chi connectivity index (χ1) is 15.6. The minimum atomic E-state index is -0.792. The van der Waals surface area contributed by atoms with E-state index >= 15 is 0 Å². The van der Waals surface area contributed by atoms with E-state index in [2.05, 4.69) is 40.7 Å². The Balaban J connectivity index is 1.70. The largest absolute Gasteiger partial charge is 0.392 e. The zero-order valence-electron chi connectivity index (χ0n) is 22.5. The molecule has 34 heavy (non-hydrogen) atoms. The zero-order valence-corrected chi connectivity index (χ0v) is 22.5. The van der Waals surface area contributed by atoms with Gasteiger partial charge in [0.15, 0.2) is 0 Å². The van der Waals surface area contributed by atoms with Gasteiger partial charge in [-0.3, -0.25) is 0 Å². The quantitative estimate of drug-likeness (QED) is 0.367. The summed E-state index contributed by atoms with van der Waals surface area (Å²) in [5.41, 5.74) is -0.705. The van der Waals surface area contributed by atoms with Crippen molar-refractivity contribution in [3.8, 4) is 0 Å². The molecule has 0 amide bonds. The third-order valence-corrected chi connectivity index (χ3v) is 11.4. The maximum absolute atomic E-state index is 13.1. The lowest BCUT2D eigenvalue weighted by atomic mass is 9.38. The monoisotopic (exact) mass is 472 g/mol. The number of aldehydes is 1. The Bertz CT molecular complexity index is 866. The summed E-state index contributed by atoms with van der Waals surface area (Å²) in [5.74, 6) is 1.03. The summed E-state index contributed by atoms with van der Waals surface area (Å²) >= 11 is 0. The molecule has 0 aromatic heterocycles. The molecule has 0 aromatic carbocycles. The zero-order chi connectivity index (χ0) is 25.3. The Morgan fingerprint density at radius 3 is 2.35 bits per heavy atom. The normalized spacial score (nSPS) is 46.9. The molecule has 4 aliphatic carbocycles. The predicted octanol–water partition coefficient (Wildman–Crippen LogP) is 5.46. The van der Waals surface area contributed by atoms with E-state index in [0.717, 1.165) is 44.1 Å². The van der Waals surface area contributed by atoms with Crippen LogP contribution in [0.3, 0.4) is 0 Å². The van der Waals surface area contributed by atoms with Gasteiger partial charge in [0.2, 0.25) is 0 Å². The molecular formula is C30H48O4. The second-order valence-corrected chi connectivity index (χ2v) is 13.9. The van der Waals surface area contributed by atoms with Gasteiger partial charge < -0.3 is 20.1 Å². The van der Waals surface area contributed by atoms with E-state index in [1.165, 1.54) is 6.29 Å². The lowest BCUT2D eigenvalue weighted by Crippen LogP contribution is -2.64. The molecule has 4 nitrogen and oxygen atoms in total.